The van der Waals surface area contributed by atoms with Gasteiger partial charge in [-0.1, -0.05) is 13.0 Å². The molecular formula is C18H25N5O2. The van der Waals surface area contributed by atoms with Crippen molar-refractivity contribution in [2.24, 2.45) is 0 Å². The van der Waals surface area contributed by atoms with Crippen molar-refractivity contribution >= 4 is 23.0 Å². The van der Waals surface area contributed by atoms with Crippen LogP contribution in [0, 0.1) is 6.92 Å². The number of nitrogens with one attached hydrogen (secondary N) is 2. The lowest BCUT2D eigenvalue weighted by molar-refractivity contribution is -0.127. The summed E-state index contributed by atoms with van der Waals surface area (Å²) in [4.78, 5) is 35.4. The maximum atomic E-state index is 12.4. The van der Waals surface area contributed by atoms with Crippen LogP contribution >= 0.6 is 0 Å². The molecule has 25 heavy (non-hydrogen) atoms. The van der Waals surface area contributed by atoms with Crippen molar-refractivity contribution in [2.45, 2.75) is 39.3 Å². The molecule has 2 heterocycles. The third-order valence-corrected chi connectivity index (χ3v) is 4.46. The number of amides is 3. The number of H-pyrrole nitrogens is 1. The Morgan fingerprint density at radius 3 is 3.04 bits per heavy atom. The van der Waals surface area contributed by atoms with Gasteiger partial charge in [0.2, 0.25) is 5.91 Å². The molecule has 134 valence electrons. The predicted molar refractivity (Wildman–Crippen MR) is 96.1 cm³/mol. The van der Waals surface area contributed by atoms with Gasteiger partial charge >= 0.3 is 6.03 Å². The Labute approximate surface area is 147 Å². The average Bonchev–Trinajstić information content (AvgIpc) is 3.10. The van der Waals surface area contributed by atoms with Gasteiger partial charge in [-0.25, -0.2) is 9.78 Å². The predicted octanol–water partition coefficient (Wildman–Crippen LogP) is 2.02. The van der Waals surface area contributed by atoms with Crippen LogP contribution < -0.4 is 5.32 Å². The van der Waals surface area contributed by atoms with E-state index in [0.29, 0.717) is 19.5 Å². The molecular weight excluding hydrogens is 318 g/mol. The number of rotatable bonds is 5. The lowest BCUT2D eigenvalue weighted by Gasteiger charge is -2.20. The fourth-order valence-corrected chi connectivity index (χ4v) is 3.19. The quantitative estimate of drug-likeness (QED) is 0.871. The Morgan fingerprint density at radius 2 is 2.28 bits per heavy atom. The van der Waals surface area contributed by atoms with Crippen molar-refractivity contribution in [3.63, 3.8) is 0 Å². The summed E-state index contributed by atoms with van der Waals surface area (Å²) in [5.41, 5.74) is 3.03. The number of urea groups is 1. The van der Waals surface area contributed by atoms with Gasteiger partial charge in [-0.2, -0.15) is 0 Å². The summed E-state index contributed by atoms with van der Waals surface area (Å²) in [7, 11) is 1.73. The third-order valence-electron chi connectivity index (χ3n) is 4.46. The zero-order valence-electron chi connectivity index (χ0n) is 15.0. The smallest absolute Gasteiger partial charge is 0.317 e. The molecule has 1 aliphatic rings. The van der Waals surface area contributed by atoms with Gasteiger partial charge in [-0.05, 0) is 31.0 Å². The van der Waals surface area contributed by atoms with Gasteiger partial charge in [0.25, 0.3) is 0 Å². The molecule has 3 amide bonds. The van der Waals surface area contributed by atoms with Crippen LogP contribution in [0.3, 0.4) is 0 Å². The van der Waals surface area contributed by atoms with Crippen molar-refractivity contribution < 1.29 is 9.59 Å². The molecule has 1 saturated heterocycles. The molecule has 1 aromatic heterocycles. The first-order valence-corrected chi connectivity index (χ1v) is 8.71. The summed E-state index contributed by atoms with van der Waals surface area (Å²) in [5.74, 6) is 0.857. The second kappa shape index (κ2) is 7.13. The van der Waals surface area contributed by atoms with Crippen molar-refractivity contribution in [1.29, 1.82) is 0 Å². The van der Waals surface area contributed by atoms with Crippen LogP contribution in [-0.4, -0.2) is 57.9 Å². The summed E-state index contributed by atoms with van der Waals surface area (Å²) >= 11 is 0. The van der Waals surface area contributed by atoms with E-state index < -0.39 is 0 Å². The SMILES string of the molecule is CCCN1CC(NC(=O)N(C)Cc2nc3ccc(C)cc3[nH]2)CC1=O. The minimum absolute atomic E-state index is 0.113. The normalized spacial score (nSPS) is 17.3. The average molecular weight is 343 g/mol. The van der Waals surface area contributed by atoms with E-state index in [2.05, 4.69) is 15.3 Å². The van der Waals surface area contributed by atoms with Crippen LogP contribution in [0.25, 0.3) is 11.0 Å². The number of carbonyl (C=O) groups excluding carboxylic acids is 2. The summed E-state index contributed by atoms with van der Waals surface area (Å²) in [5, 5.41) is 2.94. The number of hydrogen-bond donors (Lipinski definition) is 2. The van der Waals surface area contributed by atoms with Crippen LogP contribution in [0.1, 0.15) is 31.2 Å². The topological polar surface area (TPSA) is 81.3 Å². The monoisotopic (exact) mass is 343 g/mol. The molecule has 0 radical (unpaired) electrons. The van der Waals surface area contributed by atoms with E-state index in [0.717, 1.165) is 35.4 Å². The maximum absolute atomic E-state index is 12.4. The van der Waals surface area contributed by atoms with Crippen LogP contribution in [0.4, 0.5) is 4.79 Å². The molecule has 1 fully saturated rings. The van der Waals surface area contributed by atoms with Gasteiger partial charge in [-0.15, -0.1) is 0 Å². The standard InChI is InChI=1S/C18H25N5O2/c1-4-7-23-10-13(9-17(23)24)19-18(25)22(3)11-16-20-14-6-5-12(2)8-15(14)21-16/h5-6,8,13H,4,7,9-11H2,1-3H3,(H,19,25)(H,20,21). The Bertz CT molecular complexity index is 785. The highest BCUT2D eigenvalue weighted by atomic mass is 16.2. The number of fused-ring (bicyclic) bond motifs is 1. The highest BCUT2D eigenvalue weighted by Crippen LogP contribution is 2.15. The highest BCUT2D eigenvalue weighted by molar-refractivity contribution is 5.81. The molecule has 1 aliphatic heterocycles. The molecule has 7 heteroatoms. The van der Waals surface area contributed by atoms with E-state index in [-0.39, 0.29) is 18.0 Å². The minimum Gasteiger partial charge on any atom is -0.341 e. The molecule has 0 aliphatic carbocycles. The number of benzene rings is 1. The molecule has 0 spiro atoms. The van der Waals surface area contributed by atoms with Crippen molar-refractivity contribution in [3.05, 3.63) is 29.6 Å². The number of aryl methyl sites for hydroxylation is 1. The van der Waals surface area contributed by atoms with Crippen LogP contribution in [-0.2, 0) is 11.3 Å². The number of aromatic nitrogens is 2. The number of likely N-dealkylation sites (tertiary alicyclic amines) is 1. The molecule has 0 bridgehead atoms. The molecule has 2 aromatic rings. The number of imidazole rings is 1. The molecule has 1 atom stereocenters. The van der Waals surface area contributed by atoms with E-state index >= 15 is 0 Å². The van der Waals surface area contributed by atoms with E-state index in [9.17, 15) is 9.59 Å². The third kappa shape index (κ3) is 3.92. The van der Waals surface area contributed by atoms with Crippen LogP contribution in [0.15, 0.2) is 18.2 Å². The lowest BCUT2D eigenvalue weighted by atomic mass is 10.2. The van der Waals surface area contributed by atoms with Gasteiger partial charge in [0, 0.05) is 26.6 Å². The summed E-state index contributed by atoms with van der Waals surface area (Å²) in [6.07, 6.45) is 1.31. The van der Waals surface area contributed by atoms with Gasteiger partial charge in [0.05, 0.1) is 23.6 Å². The minimum atomic E-state index is -0.187. The summed E-state index contributed by atoms with van der Waals surface area (Å²) < 4.78 is 0. The fraction of sp³-hybridized carbons (Fsp3) is 0.500. The van der Waals surface area contributed by atoms with Crippen LogP contribution in [0.5, 0.6) is 0 Å². The zero-order valence-corrected chi connectivity index (χ0v) is 15.0. The number of hydrogen-bond acceptors (Lipinski definition) is 3. The second-order valence-corrected chi connectivity index (χ2v) is 6.75. The number of carbonyl (C=O) groups is 2. The van der Waals surface area contributed by atoms with E-state index in [1.807, 2.05) is 36.9 Å². The molecule has 0 saturated carbocycles. The number of nitrogens with zero attached hydrogens (tertiary/aromatic N) is 3. The Hall–Kier alpha value is -2.57. The van der Waals surface area contributed by atoms with Gasteiger partial charge < -0.3 is 20.1 Å². The molecule has 2 N–H and O–H groups in total. The summed E-state index contributed by atoms with van der Waals surface area (Å²) in [6, 6.07) is 5.72. The van der Waals surface area contributed by atoms with E-state index in [1.54, 1.807) is 11.9 Å². The van der Waals surface area contributed by atoms with Crippen molar-refractivity contribution in [3.8, 4) is 0 Å². The molecule has 3 rings (SSSR count). The van der Waals surface area contributed by atoms with Crippen LogP contribution in [0.2, 0.25) is 0 Å². The second-order valence-electron chi connectivity index (χ2n) is 6.75. The fourth-order valence-electron chi connectivity index (χ4n) is 3.19. The van der Waals surface area contributed by atoms with Crippen molar-refractivity contribution in [1.82, 2.24) is 25.1 Å². The Balaban J connectivity index is 1.58. The number of aromatic amines is 1. The van der Waals surface area contributed by atoms with Gasteiger partial charge in [0.1, 0.15) is 5.82 Å². The first-order chi connectivity index (χ1) is 12.0. The first-order valence-electron chi connectivity index (χ1n) is 8.71. The van der Waals surface area contributed by atoms with Gasteiger partial charge in [-0.3, -0.25) is 4.79 Å². The lowest BCUT2D eigenvalue weighted by Crippen LogP contribution is -2.44. The summed E-state index contributed by atoms with van der Waals surface area (Å²) in [6.45, 7) is 5.81. The Morgan fingerprint density at radius 1 is 1.48 bits per heavy atom. The van der Waals surface area contributed by atoms with E-state index in [1.165, 1.54) is 0 Å². The highest BCUT2D eigenvalue weighted by Gasteiger charge is 2.30. The van der Waals surface area contributed by atoms with E-state index in [4.69, 9.17) is 0 Å². The first kappa shape index (κ1) is 17.3. The zero-order chi connectivity index (χ0) is 18.0. The van der Waals surface area contributed by atoms with Gasteiger partial charge in [0.15, 0.2) is 0 Å². The molecule has 7 nitrogen and oxygen atoms in total. The van der Waals surface area contributed by atoms with Crippen molar-refractivity contribution in [2.75, 3.05) is 20.1 Å². The maximum Gasteiger partial charge on any atom is 0.317 e. The molecule has 1 aromatic carbocycles. The largest absolute Gasteiger partial charge is 0.341 e. The Kier molecular flexibility index (Phi) is 4.92. The molecule has 1 unspecified atom stereocenters.